The molecule has 0 spiro atoms. The highest BCUT2D eigenvalue weighted by molar-refractivity contribution is 5.43. The second-order valence-electron chi connectivity index (χ2n) is 4.84. The second-order valence-corrected chi connectivity index (χ2v) is 4.84. The van der Waals surface area contributed by atoms with Crippen LogP contribution < -0.4 is 15.5 Å². The number of nitrogens with zero attached hydrogens (tertiary/aromatic N) is 7. The Kier molecular flexibility index (Phi) is 4.56. The van der Waals surface area contributed by atoms with Gasteiger partial charge in [-0.15, -0.1) is 0 Å². The molecule has 0 aromatic carbocycles. The molecule has 0 unspecified atom stereocenters. The van der Waals surface area contributed by atoms with Crippen LogP contribution in [0.3, 0.4) is 0 Å². The normalized spacial score (nSPS) is 10.7. The number of aromatic nitrogens is 5. The zero-order chi connectivity index (χ0) is 15.4. The summed E-state index contributed by atoms with van der Waals surface area (Å²) in [6, 6.07) is 0. The number of rotatable bonds is 6. The van der Waals surface area contributed by atoms with Crippen molar-refractivity contribution in [3.63, 3.8) is 0 Å². The number of anilines is 3. The molecule has 0 radical (unpaired) electrons. The van der Waals surface area contributed by atoms with E-state index in [4.69, 9.17) is 5.73 Å². The van der Waals surface area contributed by atoms with Crippen molar-refractivity contribution in [3.05, 3.63) is 18.0 Å². The predicted molar refractivity (Wildman–Crippen MR) is 83.1 cm³/mol. The summed E-state index contributed by atoms with van der Waals surface area (Å²) in [7, 11) is 3.82. The summed E-state index contributed by atoms with van der Waals surface area (Å²) >= 11 is 0. The molecule has 0 amide bonds. The Hall–Kier alpha value is -2.38. The summed E-state index contributed by atoms with van der Waals surface area (Å²) in [6.07, 6.45) is 3.79. The zero-order valence-electron chi connectivity index (χ0n) is 13.0. The predicted octanol–water partition coefficient (Wildman–Crippen LogP) is 0.670. The Labute approximate surface area is 124 Å². The summed E-state index contributed by atoms with van der Waals surface area (Å²) in [5.74, 6) is 1.41. The van der Waals surface area contributed by atoms with Crippen molar-refractivity contribution in [2.45, 2.75) is 20.4 Å². The smallest absolute Gasteiger partial charge is 0.231 e. The van der Waals surface area contributed by atoms with Crippen LogP contribution in [-0.4, -0.2) is 44.9 Å². The first-order valence-electron chi connectivity index (χ1n) is 6.98. The molecule has 2 aromatic heterocycles. The largest absolute Gasteiger partial charge is 0.368 e. The number of hydrogen-bond donors (Lipinski definition) is 1. The highest BCUT2D eigenvalue weighted by Crippen LogP contribution is 2.15. The molecule has 0 atom stereocenters. The molecule has 2 heterocycles. The molecule has 21 heavy (non-hydrogen) atoms. The van der Waals surface area contributed by atoms with Crippen molar-refractivity contribution < 1.29 is 0 Å². The number of aryl methyl sites for hydroxylation is 1. The Bertz CT molecular complexity index is 590. The Morgan fingerprint density at radius 1 is 1.14 bits per heavy atom. The van der Waals surface area contributed by atoms with Crippen LogP contribution in [0, 0.1) is 0 Å². The van der Waals surface area contributed by atoms with Gasteiger partial charge in [-0.3, -0.25) is 4.68 Å². The summed E-state index contributed by atoms with van der Waals surface area (Å²) in [5, 5.41) is 4.16. The van der Waals surface area contributed by atoms with E-state index in [0.29, 0.717) is 18.4 Å². The second kappa shape index (κ2) is 6.38. The summed E-state index contributed by atoms with van der Waals surface area (Å²) in [6.45, 7) is 6.43. The minimum atomic E-state index is 0.236. The van der Waals surface area contributed by atoms with Gasteiger partial charge in [0.1, 0.15) is 0 Å². The average Bonchev–Trinajstić information content (AvgIpc) is 2.85. The van der Waals surface area contributed by atoms with Gasteiger partial charge in [0.2, 0.25) is 17.8 Å². The van der Waals surface area contributed by atoms with Gasteiger partial charge in [0.25, 0.3) is 0 Å². The van der Waals surface area contributed by atoms with Crippen LogP contribution in [0.5, 0.6) is 0 Å². The molecule has 2 N–H and O–H groups in total. The van der Waals surface area contributed by atoms with E-state index in [2.05, 4.69) is 33.9 Å². The van der Waals surface area contributed by atoms with Gasteiger partial charge in [0, 0.05) is 45.5 Å². The molecule has 0 aliphatic carbocycles. The lowest BCUT2D eigenvalue weighted by molar-refractivity contribution is 0.765. The minimum Gasteiger partial charge on any atom is -0.368 e. The SMILES string of the molecule is CCN(CC)c1nc(N)nc(N(C)Cc2cnn(C)c2)n1. The fourth-order valence-electron chi connectivity index (χ4n) is 2.09. The molecule has 8 heteroatoms. The number of nitrogens with two attached hydrogens (primary N) is 1. The first kappa shape index (κ1) is 15.0. The van der Waals surface area contributed by atoms with Gasteiger partial charge in [-0.2, -0.15) is 20.1 Å². The third-order valence-corrected chi connectivity index (χ3v) is 3.19. The monoisotopic (exact) mass is 290 g/mol. The molecule has 8 nitrogen and oxygen atoms in total. The molecule has 0 aliphatic heterocycles. The topological polar surface area (TPSA) is 89.0 Å². The molecule has 0 bridgehead atoms. The van der Waals surface area contributed by atoms with Crippen LogP contribution in [0.25, 0.3) is 0 Å². The Morgan fingerprint density at radius 3 is 2.38 bits per heavy atom. The van der Waals surface area contributed by atoms with Crippen LogP contribution in [0.2, 0.25) is 0 Å². The van der Waals surface area contributed by atoms with E-state index in [9.17, 15) is 0 Å². The van der Waals surface area contributed by atoms with Crippen LogP contribution in [0.4, 0.5) is 17.8 Å². The molecular formula is C13H22N8. The van der Waals surface area contributed by atoms with Crippen molar-refractivity contribution in [1.29, 1.82) is 0 Å². The first-order valence-corrected chi connectivity index (χ1v) is 6.98. The van der Waals surface area contributed by atoms with E-state index in [1.165, 1.54) is 0 Å². The van der Waals surface area contributed by atoms with Gasteiger partial charge in [-0.1, -0.05) is 0 Å². The molecule has 0 saturated heterocycles. The number of nitrogen functional groups attached to an aromatic ring is 1. The van der Waals surface area contributed by atoms with Crippen LogP contribution in [-0.2, 0) is 13.6 Å². The van der Waals surface area contributed by atoms with E-state index in [1.807, 2.05) is 36.3 Å². The average molecular weight is 290 g/mol. The molecular weight excluding hydrogens is 268 g/mol. The third-order valence-electron chi connectivity index (χ3n) is 3.19. The van der Waals surface area contributed by atoms with Crippen molar-refractivity contribution in [1.82, 2.24) is 24.7 Å². The van der Waals surface area contributed by atoms with Crippen molar-refractivity contribution >= 4 is 17.8 Å². The van der Waals surface area contributed by atoms with E-state index in [-0.39, 0.29) is 5.95 Å². The lowest BCUT2D eigenvalue weighted by Crippen LogP contribution is -2.27. The molecule has 2 aromatic rings. The van der Waals surface area contributed by atoms with Crippen molar-refractivity contribution in [3.8, 4) is 0 Å². The molecule has 0 aliphatic rings. The maximum absolute atomic E-state index is 5.81. The minimum absolute atomic E-state index is 0.236. The zero-order valence-corrected chi connectivity index (χ0v) is 13.0. The van der Waals surface area contributed by atoms with Crippen LogP contribution in [0.15, 0.2) is 12.4 Å². The summed E-state index contributed by atoms with van der Waals surface area (Å²) in [4.78, 5) is 16.9. The van der Waals surface area contributed by atoms with Crippen LogP contribution in [0.1, 0.15) is 19.4 Å². The summed E-state index contributed by atoms with van der Waals surface area (Å²) in [5.41, 5.74) is 6.90. The molecule has 0 saturated carbocycles. The van der Waals surface area contributed by atoms with Crippen LogP contribution >= 0.6 is 0 Å². The van der Waals surface area contributed by atoms with Gasteiger partial charge in [0.15, 0.2) is 0 Å². The fourth-order valence-corrected chi connectivity index (χ4v) is 2.09. The van der Waals surface area contributed by atoms with E-state index >= 15 is 0 Å². The van der Waals surface area contributed by atoms with E-state index < -0.39 is 0 Å². The maximum atomic E-state index is 5.81. The number of hydrogen-bond acceptors (Lipinski definition) is 7. The highest BCUT2D eigenvalue weighted by Gasteiger charge is 2.13. The maximum Gasteiger partial charge on any atom is 0.231 e. The molecule has 0 fully saturated rings. The Morgan fingerprint density at radius 2 is 1.81 bits per heavy atom. The van der Waals surface area contributed by atoms with Gasteiger partial charge in [-0.05, 0) is 13.8 Å². The van der Waals surface area contributed by atoms with E-state index in [0.717, 1.165) is 18.7 Å². The standard InChI is InChI=1S/C13H22N8/c1-5-21(6-2)13-17-11(14)16-12(18-13)19(3)8-10-7-15-20(4)9-10/h7,9H,5-6,8H2,1-4H3,(H2,14,16,17,18). The van der Waals surface area contributed by atoms with Gasteiger partial charge >= 0.3 is 0 Å². The molecule has 2 rings (SSSR count). The van der Waals surface area contributed by atoms with Gasteiger partial charge in [-0.25, -0.2) is 0 Å². The van der Waals surface area contributed by atoms with Gasteiger partial charge in [0.05, 0.1) is 6.20 Å². The fraction of sp³-hybridized carbons (Fsp3) is 0.538. The lowest BCUT2D eigenvalue weighted by Gasteiger charge is -2.21. The van der Waals surface area contributed by atoms with Crippen molar-refractivity contribution in [2.75, 3.05) is 35.7 Å². The lowest BCUT2D eigenvalue weighted by atomic mass is 10.3. The summed E-state index contributed by atoms with van der Waals surface area (Å²) < 4.78 is 1.77. The Balaban J connectivity index is 2.22. The van der Waals surface area contributed by atoms with E-state index in [1.54, 1.807) is 4.68 Å². The quantitative estimate of drug-likeness (QED) is 0.836. The van der Waals surface area contributed by atoms with Crippen molar-refractivity contribution in [2.24, 2.45) is 7.05 Å². The molecule has 114 valence electrons. The highest BCUT2D eigenvalue weighted by atomic mass is 15.3. The third kappa shape index (κ3) is 3.59. The van der Waals surface area contributed by atoms with Gasteiger partial charge < -0.3 is 15.5 Å². The first-order chi connectivity index (χ1) is 10.0.